The molecule has 1 amide bonds. The largest absolute Gasteiger partial charge is 0.289 e. The molecule has 1 N–H and O–H groups in total. The van der Waals surface area contributed by atoms with Gasteiger partial charge in [0.05, 0.1) is 29.5 Å². The molecule has 0 fully saturated rings. The van der Waals surface area contributed by atoms with Crippen LogP contribution in [0.4, 0.5) is 5.95 Å². The standard InChI is InChI=1S/C24H20ClN7O/c1-2-31-14-17(12-27-31)22-11-20(19-5-3-4-6-21(19)28-22)23(33)29-24-26-15-32(30-24)13-16-7-9-18(25)10-8-16/h3-12,14-15H,2,13H2,1H3,(H,29,30,33). The summed E-state index contributed by atoms with van der Waals surface area (Å²) in [6.45, 7) is 3.29. The fourth-order valence-corrected chi connectivity index (χ4v) is 3.68. The predicted molar refractivity (Wildman–Crippen MR) is 127 cm³/mol. The van der Waals surface area contributed by atoms with E-state index >= 15 is 0 Å². The highest BCUT2D eigenvalue weighted by Gasteiger charge is 2.16. The van der Waals surface area contributed by atoms with Crippen LogP contribution in [0.3, 0.4) is 0 Å². The molecule has 8 nitrogen and oxygen atoms in total. The maximum absolute atomic E-state index is 13.2. The first-order valence-corrected chi connectivity index (χ1v) is 10.8. The third-order valence-corrected chi connectivity index (χ3v) is 5.49. The van der Waals surface area contributed by atoms with Crippen molar-refractivity contribution in [3.05, 3.63) is 89.5 Å². The Morgan fingerprint density at radius 2 is 1.91 bits per heavy atom. The lowest BCUT2D eigenvalue weighted by Crippen LogP contribution is -2.14. The molecule has 0 aliphatic carbocycles. The second-order valence-electron chi connectivity index (χ2n) is 7.50. The van der Waals surface area contributed by atoms with Gasteiger partial charge in [-0.05, 0) is 36.8 Å². The molecule has 2 aromatic carbocycles. The number of anilines is 1. The fraction of sp³-hybridized carbons (Fsp3) is 0.125. The van der Waals surface area contributed by atoms with E-state index in [1.54, 1.807) is 23.3 Å². The maximum atomic E-state index is 13.2. The van der Waals surface area contributed by atoms with Crippen LogP contribution in [0.15, 0.2) is 73.3 Å². The minimum atomic E-state index is -0.304. The number of para-hydroxylation sites is 1. The molecule has 0 radical (unpaired) electrons. The average Bonchev–Trinajstić information content (AvgIpc) is 3.49. The first kappa shape index (κ1) is 20.8. The molecule has 0 spiro atoms. The van der Waals surface area contributed by atoms with Gasteiger partial charge in [0, 0.05) is 28.7 Å². The highest BCUT2D eigenvalue weighted by molar-refractivity contribution is 6.30. The number of aryl methyl sites for hydroxylation is 1. The molecule has 5 rings (SSSR count). The van der Waals surface area contributed by atoms with Gasteiger partial charge in [-0.3, -0.25) is 14.8 Å². The second-order valence-corrected chi connectivity index (χ2v) is 7.94. The van der Waals surface area contributed by atoms with Gasteiger partial charge in [0.15, 0.2) is 0 Å². The molecule has 0 aliphatic rings. The third-order valence-electron chi connectivity index (χ3n) is 5.23. The van der Waals surface area contributed by atoms with Crippen molar-refractivity contribution in [1.82, 2.24) is 29.5 Å². The topological polar surface area (TPSA) is 90.5 Å². The number of carbonyl (C=O) groups is 1. The number of fused-ring (bicyclic) bond motifs is 1. The highest BCUT2D eigenvalue weighted by atomic mass is 35.5. The number of carbonyl (C=O) groups excluding carboxylic acids is 1. The summed E-state index contributed by atoms with van der Waals surface area (Å²) in [6, 6.07) is 16.8. The molecule has 3 aromatic heterocycles. The molecule has 9 heteroatoms. The Morgan fingerprint density at radius 1 is 1.09 bits per heavy atom. The second kappa shape index (κ2) is 8.84. The highest BCUT2D eigenvalue weighted by Crippen LogP contribution is 2.25. The number of halogens is 1. The van der Waals surface area contributed by atoms with Crippen molar-refractivity contribution in [3.8, 4) is 11.3 Å². The van der Waals surface area contributed by atoms with Gasteiger partial charge in [0.2, 0.25) is 5.95 Å². The number of pyridine rings is 1. The van der Waals surface area contributed by atoms with E-state index in [1.165, 1.54) is 0 Å². The van der Waals surface area contributed by atoms with Crippen molar-refractivity contribution in [1.29, 1.82) is 0 Å². The number of benzene rings is 2. The molecule has 5 aromatic rings. The molecule has 33 heavy (non-hydrogen) atoms. The summed E-state index contributed by atoms with van der Waals surface area (Å²) in [7, 11) is 0. The predicted octanol–water partition coefficient (Wildman–Crippen LogP) is 4.66. The lowest BCUT2D eigenvalue weighted by Gasteiger charge is -2.08. The molecule has 0 atom stereocenters. The van der Waals surface area contributed by atoms with Crippen LogP contribution in [0.25, 0.3) is 22.2 Å². The fourth-order valence-electron chi connectivity index (χ4n) is 3.55. The molecule has 0 bridgehead atoms. The van der Waals surface area contributed by atoms with Crippen molar-refractivity contribution in [2.24, 2.45) is 0 Å². The van der Waals surface area contributed by atoms with Crippen molar-refractivity contribution in [3.63, 3.8) is 0 Å². The van der Waals surface area contributed by atoms with E-state index in [2.05, 4.69) is 20.5 Å². The van der Waals surface area contributed by atoms with E-state index in [1.807, 2.05) is 66.3 Å². The first-order valence-electron chi connectivity index (χ1n) is 10.5. The summed E-state index contributed by atoms with van der Waals surface area (Å²) >= 11 is 5.94. The Hall–Kier alpha value is -4.04. The summed E-state index contributed by atoms with van der Waals surface area (Å²) in [5.41, 5.74) is 3.78. The zero-order valence-electron chi connectivity index (χ0n) is 17.8. The molecular formula is C24H20ClN7O. The molecule has 0 unspecified atom stereocenters. The van der Waals surface area contributed by atoms with Crippen LogP contribution in [0.1, 0.15) is 22.8 Å². The van der Waals surface area contributed by atoms with E-state index in [4.69, 9.17) is 16.6 Å². The zero-order chi connectivity index (χ0) is 22.8. The molecule has 0 saturated heterocycles. The van der Waals surface area contributed by atoms with Crippen LogP contribution in [-0.2, 0) is 13.1 Å². The normalized spacial score (nSPS) is 11.1. The van der Waals surface area contributed by atoms with Crippen molar-refractivity contribution in [2.75, 3.05) is 5.32 Å². The number of hydrogen-bond donors (Lipinski definition) is 1. The van der Waals surface area contributed by atoms with E-state index in [0.717, 1.165) is 28.6 Å². The van der Waals surface area contributed by atoms with Crippen LogP contribution in [0, 0.1) is 0 Å². The summed E-state index contributed by atoms with van der Waals surface area (Å²) in [5.74, 6) is -0.0721. The number of nitrogens with one attached hydrogen (secondary N) is 1. The molecule has 0 saturated carbocycles. The van der Waals surface area contributed by atoms with Gasteiger partial charge in [-0.1, -0.05) is 41.9 Å². The van der Waals surface area contributed by atoms with Crippen LogP contribution in [-0.4, -0.2) is 35.4 Å². The minimum Gasteiger partial charge on any atom is -0.289 e. The summed E-state index contributed by atoms with van der Waals surface area (Å²) in [5, 5.41) is 12.9. The monoisotopic (exact) mass is 457 g/mol. The van der Waals surface area contributed by atoms with Crippen LogP contribution in [0.2, 0.25) is 5.02 Å². The quantitative estimate of drug-likeness (QED) is 0.400. The summed E-state index contributed by atoms with van der Waals surface area (Å²) < 4.78 is 3.48. The van der Waals surface area contributed by atoms with Gasteiger partial charge in [0.25, 0.3) is 5.91 Å². The van der Waals surface area contributed by atoms with Gasteiger partial charge >= 0.3 is 0 Å². The third kappa shape index (κ3) is 4.47. The first-order chi connectivity index (χ1) is 16.1. The van der Waals surface area contributed by atoms with Crippen LogP contribution < -0.4 is 5.32 Å². The number of amides is 1. The maximum Gasteiger partial charge on any atom is 0.258 e. The zero-order valence-corrected chi connectivity index (χ0v) is 18.6. The van der Waals surface area contributed by atoms with Crippen molar-refractivity contribution >= 4 is 34.4 Å². The van der Waals surface area contributed by atoms with Crippen LogP contribution >= 0.6 is 11.6 Å². The van der Waals surface area contributed by atoms with E-state index in [0.29, 0.717) is 22.8 Å². The molecule has 0 aliphatic heterocycles. The SMILES string of the molecule is CCn1cc(-c2cc(C(=O)Nc3ncn(Cc4ccc(Cl)cc4)n3)c3ccccc3n2)cn1. The minimum absolute atomic E-state index is 0.232. The summed E-state index contributed by atoms with van der Waals surface area (Å²) in [6.07, 6.45) is 5.25. The number of hydrogen-bond acceptors (Lipinski definition) is 5. The molecule has 3 heterocycles. The number of nitrogens with zero attached hydrogens (tertiary/aromatic N) is 6. The average molecular weight is 458 g/mol. The number of aromatic nitrogens is 6. The van der Waals surface area contributed by atoms with E-state index < -0.39 is 0 Å². The lowest BCUT2D eigenvalue weighted by molar-refractivity contribution is 0.102. The number of rotatable bonds is 6. The van der Waals surface area contributed by atoms with E-state index in [-0.39, 0.29) is 11.9 Å². The van der Waals surface area contributed by atoms with Gasteiger partial charge < -0.3 is 0 Å². The van der Waals surface area contributed by atoms with Gasteiger partial charge in [0.1, 0.15) is 6.33 Å². The summed E-state index contributed by atoms with van der Waals surface area (Å²) in [4.78, 5) is 22.2. The smallest absolute Gasteiger partial charge is 0.258 e. The van der Waals surface area contributed by atoms with Crippen molar-refractivity contribution in [2.45, 2.75) is 20.0 Å². The van der Waals surface area contributed by atoms with E-state index in [9.17, 15) is 4.79 Å². The van der Waals surface area contributed by atoms with Crippen LogP contribution in [0.5, 0.6) is 0 Å². The van der Waals surface area contributed by atoms with Crippen molar-refractivity contribution < 1.29 is 4.79 Å². The Morgan fingerprint density at radius 3 is 2.70 bits per heavy atom. The Kier molecular flexibility index (Phi) is 5.58. The molecule has 164 valence electrons. The van der Waals surface area contributed by atoms with Gasteiger partial charge in [-0.25, -0.2) is 14.6 Å². The Bertz CT molecular complexity index is 1440. The van der Waals surface area contributed by atoms with Gasteiger partial charge in [-0.15, -0.1) is 5.10 Å². The van der Waals surface area contributed by atoms with Gasteiger partial charge in [-0.2, -0.15) is 5.10 Å². The Labute approximate surface area is 194 Å². The Balaban J connectivity index is 1.42. The molecular weight excluding hydrogens is 438 g/mol. The lowest BCUT2D eigenvalue weighted by atomic mass is 10.1.